The number of nitrogens with zero attached hydrogens (tertiary/aromatic N) is 1. The van der Waals surface area contributed by atoms with Gasteiger partial charge in [-0.2, -0.15) is 0 Å². The van der Waals surface area contributed by atoms with Crippen LogP contribution in [-0.4, -0.2) is 34.4 Å². The van der Waals surface area contributed by atoms with Gasteiger partial charge in [0.1, 0.15) is 0 Å². The Kier molecular flexibility index (Phi) is 5.85. The van der Waals surface area contributed by atoms with Crippen LogP contribution in [0, 0.1) is 0 Å². The summed E-state index contributed by atoms with van der Waals surface area (Å²) in [6, 6.07) is 0.727. The van der Waals surface area contributed by atoms with Crippen molar-refractivity contribution in [1.82, 2.24) is 4.90 Å². The standard InChI is InChI=1S/C12H23N3OS/c1-2-9(7-12(14)17)15(8-11(13)16)10-5-3-4-6-10/h9-10H,2-8H2,1H3,(H2,13,16)(H2,14,17). The van der Waals surface area contributed by atoms with Gasteiger partial charge in [0.2, 0.25) is 5.91 Å². The second kappa shape index (κ2) is 6.91. The van der Waals surface area contributed by atoms with Crippen LogP contribution in [-0.2, 0) is 4.79 Å². The van der Waals surface area contributed by atoms with Gasteiger partial charge in [0.25, 0.3) is 0 Å². The first-order valence-corrected chi connectivity index (χ1v) is 6.77. The van der Waals surface area contributed by atoms with Crippen molar-refractivity contribution in [3.63, 3.8) is 0 Å². The first-order chi connectivity index (χ1) is 8.04. The molecule has 0 saturated heterocycles. The van der Waals surface area contributed by atoms with Gasteiger partial charge in [-0.25, -0.2) is 0 Å². The van der Waals surface area contributed by atoms with Crippen LogP contribution in [0.2, 0.25) is 0 Å². The summed E-state index contributed by atoms with van der Waals surface area (Å²) in [5, 5.41) is 0. The molecular weight excluding hydrogens is 234 g/mol. The van der Waals surface area contributed by atoms with Crippen LogP contribution in [0.25, 0.3) is 0 Å². The van der Waals surface area contributed by atoms with Crippen molar-refractivity contribution in [2.45, 2.75) is 57.5 Å². The van der Waals surface area contributed by atoms with Crippen molar-refractivity contribution in [3.8, 4) is 0 Å². The summed E-state index contributed by atoms with van der Waals surface area (Å²) in [4.78, 5) is 13.9. The van der Waals surface area contributed by atoms with Crippen LogP contribution in [0.15, 0.2) is 0 Å². The average molecular weight is 257 g/mol. The van der Waals surface area contributed by atoms with Gasteiger partial charge in [-0.05, 0) is 19.3 Å². The molecule has 0 aromatic rings. The van der Waals surface area contributed by atoms with Crippen LogP contribution >= 0.6 is 12.2 Å². The van der Waals surface area contributed by atoms with Crippen LogP contribution in [0.1, 0.15) is 45.4 Å². The molecule has 1 fully saturated rings. The Bertz CT molecular complexity index is 277. The van der Waals surface area contributed by atoms with Gasteiger partial charge in [0, 0.05) is 18.5 Å². The number of primary amides is 1. The predicted octanol–water partition coefficient (Wildman–Crippen LogP) is 1.17. The maximum atomic E-state index is 11.2. The van der Waals surface area contributed by atoms with E-state index in [1.165, 1.54) is 12.8 Å². The first kappa shape index (κ1) is 14.4. The Balaban J connectivity index is 2.70. The number of amides is 1. The molecule has 1 aliphatic carbocycles. The molecule has 4 N–H and O–H groups in total. The molecular formula is C12H23N3OS. The minimum absolute atomic E-state index is 0.253. The van der Waals surface area contributed by atoms with E-state index in [2.05, 4.69) is 11.8 Å². The second-order valence-electron chi connectivity index (χ2n) is 4.81. The van der Waals surface area contributed by atoms with Gasteiger partial charge in [-0.3, -0.25) is 9.69 Å². The number of hydrogen-bond acceptors (Lipinski definition) is 3. The predicted molar refractivity (Wildman–Crippen MR) is 73.6 cm³/mol. The molecule has 0 spiro atoms. The molecule has 1 aliphatic rings. The van der Waals surface area contributed by atoms with Gasteiger partial charge < -0.3 is 11.5 Å². The normalized spacial score (nSPS) is 18.5. The number of hydrogen-bond donors (Lipinski definition) is 2. The molecule has 1 rings (SSSR count). The zero-order valence-corrected chi connectivity index (χ0v) is 11.3. The lowest BCUT2D eigenvalue weighted by Crippen LogP contribution is -2.47. The zero-order valence-electron chi connectivity index (χ0n) is 10.5. The van der Waals surface area contributed by atoms with Crippen molar-refractivity contribution < 1.29 is 4.79 Å². The zero-order chi connectivity index (χ0) is 12.8. The molecule has 0 aromatic heterocycles. The van der Waals surface area contributed by atoms with Crippen LogP contribution in [0.4, 0.5) is 0 Å². The molecule has 0 heterocycles. The second-order valence-corrected chi connectivity index (χ2v) is 5.33. The molecule has 17 heavy (non-hydrogen) atoms. The Morgan fingerprint density at radius 3 is 2.41 bits per heavy atom. The fourth-order valence-electron chi connectivity index (χ4n) is 2.70. The van der Waals surface area contributed by atoms with Crippen LogP contribution in [0.5, 0.6) is 0 Å². The summed E-state index contributed by atoms with van der Waals surface area (Å²) in [5.41, 5.74) is 11.0. The molecule has 0 bridgehead atoms. The monoisotopic (exact) mass is 257 g/mol. The summed E-state index contributed by atoms with van der Waals surface area (Å²) in [7, 11) is 0. The molecule has 1 unspecified atom stereocenters. The van der Waals surface area contributed by atoms with Crippen molar-refractivity contribution >= 4 is 23.1 Å². The molecule has 5 heteroatoms. The fourth-order valence-corrected chi connectivity index (χ4v) is 2.89. The van der Waals surface area contributed by atoms with Crippen molar-refractivity contribution in [2.24, 2.45) is 11.5 Å². The third kappa shape index (κ3) is 4.60. The quantitative estimate of drug-likeness (QED) is 0.672. The molecule has 0 aliphatic heterocycles. The van der Waals surface area contributed by atoms with E-state index in [9.17, 15) is 4.79 Å². The van der Waals surface area contributed by atoms with Crippen molar-refractivity contribution in [3.05, 3.63) is 0 Å². The molecule has 1 amide bonds. The van der Waals surface area contributed by atoms with E-state index < -0.39 is 0 Å². The van der Waals surface area contributed by atoms with E-state index in [0.717, 1.165) is 19.3 Å². The molecule has 0 aromatic carbocycles. The lowest BCUT2D eigenvalue weighted by molar-refractivity contribution is -0.120. The lowest BCUT2D eigenvalue weighted by atomic mass is 10.1. The minimum atomic E-state index is -0.265. The Morgan fingerprint density at radius 1 is 1.41 bits per heavy atom. The van der Waals surface area contributed by atoms with E-state index in [-0.39, 0.29) is 11.9 Å². The molecule has 1 saturated carbocycles. The molecule has 1 atom stereocenters. The maximum Gasteiger partial charge on any atom is 0.231 e. The third-order valence-electron chi connectivity index (χ3n) is 3.51. The highest BCUT2D eigenvalue weighted by Crippen LogP contribution is 2.26. The summed E-state index contributed by atoms with van der Waals surface area (Å²) >= 11 is 4.98. The Morgan fingerprint density at radius 2 is 2.00 bits per heavy atom. The summed E-state index contributed by atoms with van der Waals surface area (Å²) in [5.74, 6) is -0.265. The Labute approximate surface area is 109 Å². The highest BCUT2D eigenvalue weighted by molar-refractivity contribution is 7.80. The number of carbonyl (C=O) groups excluding carboxylic acids is 1. The highest BCUT2D eigenvalue weighted by atomic mass is 32.1. The summed E-state index contributed by atoms with van der Waals surface area (Å²) in [6.45, 7) is 2.43. The SMILES string of the molecule is CCC(CC(N)=S)N(CC(N)=O)C1CCCC1. The van der Waals surface area contributed by atoms with Crippen molar-refractivity contribution in [1.29, 1.82) is 0 Å². The number of rotatable bonds is 7. The third-order valence-corrected chi connectivity index (χ3v) is 3.68. The number of carbonyl (C=O) groups is 1. The van der Waals surface area contributed by atoms with Gasteiger partial charge in [-0.1, -0.05) is 32.0 Å². The van der Waals surface area contributed by atoms with Gasteiger partial charge in [0.05, 0.1) is 11.5 Å². The smallest absolute Gasteiger partial charge is 0.231 e. The number of thiocarbonyl (C=S) groups is 1. The first-order valence-electron chi connectivity index (χ1n) is 6.37. The lowest BCUT2D eigenvalue weighted by Gasteiger charge is -2.35. The Hall–Kier alpha value is -0.680. The van der Waals surface area contributed by atoms with E-state index in [1.807, 2.05) is 0 Å². The van der Waals surface area contributed by atoms with Crippen molar-refractivity contribution in [2.75, 3.05) is 6.54 Å². The van der Waals surface area contributed by atoms with E-state index >= 15 is 0 Å². The largest absolute Gasteiger partial charge is 0.393 e. The maximum absolute atomic E-state index is 11.2. The van der Waals surface area contributed by atoms with E-state index in [0.29, 0.717) is 24.0 Å². The average Bonchev–Trinajstić information content (AvgIpc) is 2.75. The summed E-state index contributed by atoms with van der Waals surface area (Å²) < 4.78 is 0. The number of nitrogens with two attached hydrogens (primary N) is 2. The van der Waals surface area contributed by atoms with Gasteiger partial charge in [-0.15, -0.1) is 0 Å². The molecule has 0 radical (unpaired) electrons. The van der Waals surface area contributed by atoms with E-state index in [1.54, 1.807) is 0 Å². The van der Waals surface area contributed by atoms with Gasteiger partial charge >= 0.3 is 0 Å². The minimum Gasteiger partial charge on any atom is -0.393 e. The van der Waals surface area contributed by atoms with Crippen LogP contribution in [0.3, 0.4) is 0 Å². The van der Waals surface area contributed by atoms with Gasteiger partial charge in [0.15, 0.2) is 0 Å². The molecule has 98 valence electrons. The summed E-state index contributed by atoms with van der Waals surface area (Å²) in [6.07, 6.45) is 6.41. The van der Waals surface area contributed by atoms with Crippen LogP contribution < -0.4 is 11.5 Å². The fraction of sp³-hybridized carbons (Fsp3) is 0.833. The highest BCUT2D eigenvalue weighted by Gasteiger charge is 2.29. The molecule has 4 nitrogen and oxygen atoms in total. The topological polar surface area (TPSA) is 72.3 Å². The van der Waals surface area contributed by atoms with E-state index in [4.69, 9.17) is 23.7 Å².